The number of ether oxygens (including phenoxy) is 1. The SMILES string of the molecule is COCC(C(=O)O)N(CCN(C)C)CC(C)C. The Labute approximate surface area is 104 Å². The van der Waals surface area contributed by atoms with Crippen LogP contribution in [0.4, 0.5) is 0 Å². The van der Waals surface area contributed by atoms with Gasteiger partial charge in [-0.05, 0) is 20.0 Å². The minimum Gasteiger partial charge on any atom is -0.480 e. The topological polar surface area (TPSA) is 53.0 Å². The molecular formula is C12H26N2O3. The highest BCUT2D eigenvalue weighted by Gasteiger charge is 2.25. The molecule has 1 N–H and O–H groups in total. The van der Waals surface area contributed by atoms with Crippen LogP contribution < -0.4 is 0 Å². The quantitative estimate of drug-likeness (QED) is 0.646. The average molecular weight is 246 g/mol. The van der Waals surface area contributed by atoms with Gasteiger partial charge in [0.15, 0.2) is 0 Å². The molecule has 0 heterocycles. The number of carboxylic acids is 1. The van der Waals surface area contributed by atoms with Crippen LogP contribution in [0, 0.1) is 5.92 Å². The lowest BCUT2D eigenvalue weighted by molar-refractivity contribution is -0.145. The minimum absolute atomic E-state index is 0.232. The Morgan fingerprint density at radius 3 is 2.24 bits per heavy atom. The highest BCUT2D eigenvalue weighted by Crippen LogP contribution is 2.06. The van der Waals surface area contributed by atoms with Crippen molar-refractivity contribution in [1.82, 2.24) is 9.80 Å². The first kappa shape index (κ1) is 16.4. The van der Waals surface area contributed by atoms with Gasteiger partial charge in [-0.15, -0.1) is 0 Å². The lowest BCUT2D eigenvalue weighted by Crippen LogP contribution is -2.48. The van der Waals surface area contributed by atoms with Crippen molar-refractivity contribution in [2.75, 3.05) is 47.4 Å². The predicted molar refractivity (Wildman–Crippen MR) is 68.3 cm³/mol. The maximum absolute atomic E-state index is 11.2. The van der Waals surface area contributed by atoms with Gasteiger partial charge in [-0.1, -0.05) is 13.8 Å². The van der Waals surface area contributed by atoms with Gasteiger partial charge in [0.2, 0.25) is 0 Å². The molecule has 0 aromatic rings. The molecule has 5 nitrogen and oxygen atoms in total. The molecule has 0 rings (SSSR count). The third-order valence-corrected chi connectivity index (χ3v) is 2.48. The molecule has 0 aromatic heterocycles. The molecule has 5 heteroatoms. The molecular weight excluding hydrogens is 220 g/mol. The molecule has 0 aromatic carbocycles. The third-order valence-electron chi connectivity index (χ3n) is 2.48. The number of nitrogens with zero attached hydrogens (tertiary/aromatic N) is 2. The fraction of sp³-hybridized carbons (Fsp3) is 0.917. The van der Waals surface area contributed by atoms with Crippen LogP contribution in [0.15, 0.2) is 0 Å². The van der Waals surface area contributed by atoms with E-state index in [1.807, 2.05) is 19.0 Å². The molecule has 0 saturated carbocycles. The lowest BCUT2D eigenvalue weighted by Gasteiger charge is -2.30. The summed E-state index contributed by atoms with van der Waals surface area (Å²) in [6.07, 6.45) is 0. The first-order valence-electron chi connectivity index (χ1n) is 5.99. The average Bonchev–Trinajstić information content (AvgIpc) is 2.20. The van der Waals surface area contributed by atoms with E-state index >= 15 is 0 Å². The van der Waals surface area contributed by atoms with E-state index in [0.717, 1.165) is 19.6 Å². The van der Waals surface area contributed by atoms with E-state index in [0.29, 0.717) is 5.92 Å². The van der Waals surface area contributed by atoms with Crippen molar-refractivity contribution in [3.63, 3.8) is 0 Å². The number of methoxy groups -OCH3 is 1. The molecule has 17 heavy (non-hydrogen) atoms. The Balaban J connectivity index is 4.54. The maximum atomic E-state index is 11.2. The summed E-state index contributed by atoms with van der Waals surface area (Å²) in [5, 5.41) is 9.22. The van der Waals surface area contributed by atoms with Crippen molar-refractivity contribution >= 4 is 5.97 Å². The standard InChI is InChI=1S/C12H26N2O3/c1-10(2)8-14(7-6-13(3)4)11(9-17-5)12(15)16/h10-11H,6-9H2,1-5H3,(H,15,16). The maximum Gasteiger partial charge on any atom is 0.323 e. The fourth-order valence-corrected chi connectivity index (χ4v) is 1.66. The second kappa shape index (κ2) is 8.44. The van der Waals surface area contributed by atoms with Gasteiger partial charge in [-0.25, -0.2) is 0 Å². The van der Waals surface area contributed by atoms with E-state index in [1.165, 1.54) is 7.11 Å². The van der Waals surface area contributed by atoms with Crippen molar-refractivity contribution < 1.29 is 14.6 Å². The number of carbonyl (C=O) groups is 1. The third kappa shape index (κ3) is 7.31. The second-order valence-corrected chi connectivity index (χ2v) is 5.00. The fourth-order valence-electron chi connectivity index (χ4n) is 1.66. The van der Waals surface area contributed by atoms with Crippen molar-refractivity contribution in [2.45, 2.75) is 19.9 Å². The summed E-state index contributed by atoms with van der Waals surface area (Å²) in [6.45, 7) is 6.78. The Morgan fingerprint density at radius 1 is 1.29 bits per heavy atom. The van der Waals surface area contributed by atoms with Crippen LogP contribution in [0.2, 0.25) is 0 Å². The number of aliphatic carboxylic acids is 1. The highest BCUT2D eigenvalue weighted by molar-refractivity contribution is 5.73. The van der Waals surface area contributed by atoms with E-state index in [9.17, 15) is 9.90 Å². The summed E-state index contributed by atoms with van der Waals surface area (Å²) in [5.41, 5.74) is 0. The summed E-state index contributed by atoms with van der Waals surface area (Å²) in [6, 6.07) is -0.553. The Morgan fingerprint density at radius 2 is 1.88 bits per heavy atom. The van der Waals surface area contributed by atoms with E-state index in [-0.39, 0.29) is 6.61 Å². The largest absolute Gasteiger partial charge is 0.480 e. The first-order chi connectivity index (χ1) is 7.88. The molecule has 0 aliphatic heterocycles. The Bertz CT molecular complexity index is 220. The number of hydrogen-bond donors (Lipinski definition) is 1. The van der Waals surface area contributed by atoms with E-state index < -0.39 is 12.0 Å². The number of rotatable bonds is 9. The Kier molecular flexibility index (Phi) is 8.12. The summed E-state index contributed by atoms with van der Waals surface area (Å²) < 4.78 is 5.00. The first-order valence-corrected chi connectivity index (χ1v) is 5.99. The molecule has 0 spiro atoms. The summed E-state index contributed by atoms with van der Waals surface area (Å²) in [5.74, 6) is -0.373. The molecule has 1 unspecified atom stereocenters. The van der Waals surface area contributed by atoms with Gasteiger partial charge >= 0.3 is 5.97 Å². The molecule has 102 valence electrons. The van der Waals surface area contributed by atoms with Gasteiger partial charge in [-0.3, -0.25) is 9.69 Å². The predicted octanol–water partition coefficient (Wildman–Crippen LogP) is 0.606. The normalized spacial score (nSPS) is 13.6. The second-order valence-electron chi connectivity index (χ2n) is 5.00. The number of carboxylic acid groups (broad SMARTS) is 1. The van der Waals surface area contributed by atoms with Gasteiger partial charge in [-0.2, -0.15) is 0 Å². The minimum atomic E-state index is -0.814. The van der Waals surface area contributed by atoms with Gasteiger partial charge in [0.05, 0.1) is 6.61 Å². The monoisotopic (exact) mass is 246 g/mol. The van der Waals surface area contributed by atoms with Gasteiger partial charge < -0.3 is 14.7 Å². The van der Waals surface area contributed by atoms with Crippen LogP contribution in [0.3, 0.4) is 0 Å². The van der Waals surface area contributed by atoms with Crippen LogP contribution in [0.25, 0.3) is 0 Å². The van der Waals surface area contributed by atoms with Gasteiger partial charge in [0.25, 0.3) is 0 Å². The zero-order chi connectivity index (χ0) is 13.4. The van der Waals surface area contributed by atoms with Crippen LogP contribution in [0.1, 0.15) is 13.8 Å². The molecule has 1 atom stereocenters. The van der Waals surface area contributed by atoms with Crippen LogP contribution in [-0.2, 0) is 9.53 Å². The highest BCUT2D eigenvalue weighted by atomic mass is 16.5. The number of hydrogen-bond acceptors (Lipinski definition) is 4. The number of likely N-dealkylation sites (N-methyl/N-ethyl adjacent to an activating group) is 1. The zero-order valence-electron chi connectivity index (χ0n) is 11.6. The summed E-state index contributed by atoms with van der Waals surface area (Å²) in [4.78, 5) is 15.3. The Hall–Kier alpha value is -0.650. The molecule has 0 bridgehead atoms. The van der Waals surface area contributed by atoms with Crippen molar-refractivity contribution in [1.29, 1.82) is 0 Å². The van der Waals surface area contributed by atoms with E-state index in [1.54, 1.807) is 0 Å². The van der Waals surface area contributed by atoms with Crippen molar-refractivity contribution in [3.05, 3.63) is 0 Å². The molecule has 0 radical (unpaired) electrons. The summed E-state index contributed by atoms with van der Waals surface area (Å²) >= 11 is 0. The molecule has 0 aliphatic rings. The van der Waals surface area contributed by atoms with Gasteiger partial charge in [0.1, 0.15) is 6.04 Å². The molecule has 0 amide bonds. The lowest BCUT2D eigenvalue weighted by atomic mass is 10.1. The zero-order valence-corrected chi connectivity index (χ0v) is 11.6. The van der Waals surface area contributed by atoms with Crippen LogP contribution in [-0.4, -0.2) is 74.4 Å². The van der Waals surface area contributed by atoms with Crippen LogP contribution >= 0.6 is 0 Å². The summed E-state index contributed by atoms with van der Waals surface area (Å²) in [7, 11) is 5.51. The van der Waals surface area contributed by atoms with E-state index in [2.05, 4.69) is 18.7 Å². The van der Waals surface area contributed by atoms with Gasteiger partial charge in [0, 0.05) is 26.7 Å². The van der Waals surface area contributed by atoms with Crippen molar-refractivity contribution in [2.24, 2.45) is 5.92 Å². The molecule has 0 fully saturated rings. The smallest absolute Gasteiger partial charge is 0.323 e. The van der Waals surface area contributed by atoms with E-state index in [4.69, 9.17) is 4.74 Å². The molecule has 0 aliphatic carbocycles. The molecule has 0 saturated heterocycles. The van der Waals surface area contributed by atoms with Crippen LogP contribution in [0.5, 0.6) is 0 Å². The van der Waals surface area contributed by atoms with Crippen molar-refractivity contribution in [3.8, 4) is 0 Å².